The fourth-order valence-corrected chi connectivity index (χ4v) is 8.85. The summed E-state index contributed by atoms with van der Waals surface area (Å²) in [5, 5.41) is 11.0. The molecule has 3 fully saturated rings. The summed E-state index contributed by atoms with van der Waals surface area (Å²) in [6.07, 6.45) is 4.14. The number of amides is 3. The molecule has 8 nitrogen and oxygen atoms in total. The van der Waals surface area contributed by atoms with E-state index in [1.807, 2.05) is 99.6 Å². The van der Waals surface area contributed by atoms with Crippen molar-refractivity contribution < 1.29 is 24.2 Å². The first-order valence-electron chi connectivity index (χ1n) is 17.6. The topological polar surface area (TPSA) is 90.4 Å². The lowest BCUT2D eigenvalue weighted by molar-refractivity contribution is -0.154. The van der Waals surface area contributed by atoms with Gasteiger partial charge in [-0.05, 0) is 67.9 Å². The minimum atomic E-state index is -1.28. The van der Waals surface area contributed by atoms with Gasteiger partial charge in [-0.15, -0.1) is 13.2 Å². The third kappa shape index (κ3) is 5.88. The summed E-state index contributed by atoms with van der Waals surface area (Å²) in [5.41, 5.74) is 2.24. The lowest BCUT2D eigenvalue weighted by atomic mass is 9.62. The number of anilines is 1. The maximum atomic E-state index is 15.3. The second-order valence-electron chi connectivity index (χ2n) is 14.5. The number of aliphatic hydroxyl groups excluding tert-OH is 1. The predicted molar refractivity (Wildman–Crippen MR) is 195 cm³/mol. The van der Waals surface area contributed by atoms with Gasteiger partial charge in [0.05, 0.1) is 30.1 Å². The molecule has 3 aliphatic rings. The van der Waals surface area contributed by atoms with Crippen molar-refractivity contribution in [2.45, 2.75) is 70.4 Å². The summed E-state index contributed by atoms with van der Waals surface area (Å²) in [5.74, 6) is -2.72. The van der Waals surface area contributed by atoms with Crippen LogP contribution in [0, 0.1) is 31.6 Å². The first kappa shape index (κ1) is 35.3. The Hall–Kier alpha value is -4.53. The predicted octanol–water partition coefficient (Wildman–Crippen LogP) is 5.65. The first-order chi connectivity index (χ1) is 24.0. The number of ether oxygens (including phenoxy) is 1. The molecule has 2 bridgehead atoms. The maximum Gasteiger partial charge on any atom is 0.253 e. The molecular formula is C42H49N3O5. The van der Waals surface area contributed by atoms with Crippen LogP contribution in [0.2, 0.25) is 0 Å². The molecule has 3 saturated heterocycles. The molecule has 0 saturated carbocycles. The molecule has 1 spiro atoms. The van der Waals surface area contributed by atoms with Crippen molar-refractivity contribution in [1.29, 1.82) is 0 Å². The zero-order valence-electron chi connectivity index (χ0n) is 29.6. The van der Waals surface area contributed by atoms with E-state index in [0.29, 0.717) is 25.9 Å². The van der Waals surface area contributed by atoms with Gasteiger partial charge in [0.15, 0.2) is 0 Å². The molecule has 6 rings (SSSR count). The summed E-state index contributed by atoms with van der Waals surface area (Å²) in [4.78, 5) is 50.4. The number of nitrogens with zero attached hydrogens (tertiary/aromatic N) is 3. The van der Waals surface area contributed by atoms with Crippen LogP contribution in [0.25, 0.3) is 0 Å². The average Bonchev–Trinajstić information content (AvgIpc) is 3.63. The molecular weight excluding hydrogens is 626 g/mol. The van der Waals surface area contributed by atoms with Gasteiger partial charge in [0, 0.05) is 25.3 Å². The highest BCUT2D eigenvalue weighted by Crippen LogP contribution is 2.66. The third-order valence-corrected chi connectivity index (χ3v) is 11.3. The molecule has 3 amide bonds. The second-order valence-corrected chi connectivity index (χ2v) is 14.5. The minimum Gasteiger partial charge on any atom is -0.394 e. The van der Waals surface area contributed by atoms with Gasteiger partial charge in [-0.1, -0.05) is 91.9 Å². The van der Waals surface area contributed by atoms with Crippen molar-refractivity contribution in [3.63, 3.8) is 0 Å². The number of hydrogen-bond acceptors (Lipinski definition) is 5. The van der Waals surface area contributed by atoms with Gasteiger partial charge in [0.25, 0.3) is 5.91 Å². The zero-order chi connectivity index (χ0) is 35.8. The largest absolute Gasteiger partial charge is 0.394 e. The van der Waals surface area contributed by atoms with Crippen LogP contribution in [0.15, 0.2) is 104 Å². The van der Waals surface area contributed by atoms with Crippen molar-refractivity contribution >= 4 is 23.4 Å². The summed E-state index contributed by atoms with van der Waals surface area (Å²) in [6, 6.07) is 23.6. The molecule has 0 aliphatic carbocycles. The lowest BCUT2D eigenvalue weighted by Gasteiger charge is -2.40. The van der Waals surface area contributed by atoms with Crippen LogP contribution < -0.4 is 4.90 Å². The maximum absolute atomic E-state index is 15.3. The Morgan fingerprint density at radius 2 is 1.62 bits per heavy atom. The normalized spacial score (nSPS) is 27.1. The Balaban J connectivity index is 1.49. The van der Waals surface area contributed by atoms with E-state index in [9.17, 15) is 9.90 Å². The molecule has 3 aromatic carbocycles. The van der Waals surface area contributed by atoms with Gasteiger partial charge in [-0.2, -0.15) is 0 Å². The standard InChI is InChI=1S/C42H49N3O5/c1-7-21-43(26-32-17-13-10-14-18-32)38(47)35-36-39(48)45(33(27-46)24-31-15-11-9-12-16-31)37(42(36)25-30(5)41(35,6)50-42)40(49)44(22-8-2)34-23-28(3)19-20-29(34)4/h7-20,23,30,33,35-37,46H,1-2,21-22,24-27H2,3-6H3/t30?,33-,35+,36+,37?,41-,42?/m1/s1. The highest BCUT2D eigenvalue weighted by Gasteiger charge is 2.80. The molecule has 7 atom stereocenters. The number of carbonyl (C=O) groups excluding carboxylic acids is 3. The van der Waals surface area contributed by atoms with Gasteiger partial charge >= 0.3 is 0 Å². The molecule has 3 unspecified atom stereocenters. The summed E-state index contributed by atoms with van der Waals surface area (Å²) in [7, 11) is 0. The number of hydrogen-bond donors (Lipinski definition) is 1. The van der Waals surface area contributed by atoms with Crippen LogP contribution in [-0.4, -0.2) is 75.6 Å². The molecule has 50 heavy (non-hydrogen) atoms. The number of aliphatic hydroxyl groups is 1. The van der Waals surface area contributed by atoms with Gasteiger partial charge < -0.3 is 24.5 Å². The lowest BCUT2D eigenvalue weighted by Crippen LogP contribution is -2.59. The van der Waals surface area contributed by atoms with Crippen LogP contribution in [0.1, 0.15) is 42.5 Å². The zero-order valence-corrected chi connectivity index (χ0v) is 29.6. The number of fused-ring (bicyclic) bond motifs is 1. The van der Waals surface area contributed by atoms with Crippen LogP contribution >= 0.6 is 0 Å². The molecule has 8 heteroatoms. The van der Waals surface area contributed by atoms with Crippen molar-refractivity contribution in [3.05, 3.63) is 126 Å². The Morgan fingerprint density at radius 3 is 2.24 bits per heavy atom. The van der Waals surface area contributed by atoms with E-state index in [-0.39, 0.29) is 36.8 Å². The van der Waals surface area contributed by atoms with Crippen molar-refractivity contribution in [3.8, 4) is 0 Å². The van der Waals surface area contributed by atoms with Crippen LogP contribution in [0.5, 0.6) is 0 Å². The van der Waals surface area contributed by atoms with Gasteiger partial charge in [-0.3, -0.25) is 14.4 Å². The monoisotopic (exact) mass is 675 g/mol. The molecule has 3 heterocycles. The number of carbonyl (C=O) groups is 3. The Labute approximate surface area is 296 Å². The number of aryl methyl sites for hydroxylation is 2. The van der Waals surface area contributed by atoms with E-state index in [1.165, 1.54) is 0 Å². The van der Waals surface area contributed by atoms with E-state index in [0.717, 1.165) is 27.9 Å². The molecule has 0 radical (unpaired) electrons. The number of benzene rings is 3. The third-order valence-electron chi connectivity index (χ3n) is 11.3. The number of rotatable bonds is 13. The van der Waals surface area contributed by atoms with E-state index in [4.69, 9.17) is 4.74 Å². The fraction of sp³-hybridized carbons (Fsp3) is 0.405. The molecule has 3 aromatic rings. The van der Waals surface area contributed by atoms with E-state index in [2.05, 4.69) is 20.1 Å². The molecule has 1 N–H and O–H groups in total. The first-order valence-corrected chi connectivity index (χ1v) is 17.6. The molecule has 262 valence electrons. The van der Waals surface area contributed by atoms with E-state index < -0.39 is 35.1 Å². The summed E-state index contributed by atoms with van der Waals surface area (Å²) >= 11 is 0. The summed E-state index contributed by atoms with van der Waals surface area (Å²) < 4.78 is 7.10. The molecule has 3 aliphatic heterocycles. The van der Waals surface area contributed by atoms with Gasteiger partial charge in [-0.25, -0.2) is 0 Å². The number of likely N-dealkylation sites (tertiary alicyclic amines) is 1. The van der Waals surface area contributed by atoms with E-state index in [1.54, 1.807) is 26.9 Å². The second kappa shape index (κ2) is 14.0. The van der Waals surface area contributed by atoms with Crippen molar-refractivity contribution in [2.24, 2.45) is 17.8 Å². The highest BCUT2D eigenvalue weighted by molar-refractivity contribution is 6.05. The Bertz CT molecular complexity index is 1760. The quantitative estimate of drug-likeness (QED) is 0.237. The summed E-state index contributed by atoms with van der Waals surface area (Å²) in [6.45, 7) is 16.3. The fourth-order valence-electron chi connectivity index (χ4n) is 8.85. The van der Waals surface area contributed by atoms with Crippen molar-refractivity contribution in [1.82, 2.24) is 9.80 Å². The van der Waals surface area contributed by atoms with E-state index >= 15 is 9.59 Å². The SMILES string of the molecule is C=CCN(Cc1ccccc1)C(=O)[C@@H]1[C@H]2C(=O)N([C@@H](CO)Cc3ccccc3)C(C(=O)N(CC=C)c3cc(C)ccc3C)C23CC(C)[C@@]1(C)O3. The Kier molecular flexibility index (Phi) is 9.89. The van der Waals surface area contributed by atoms with Crippen LogP contribution in [-0.2, 0) is 32.1 Å². The average molecular weight is 676 g/mol. The van der Waals surface area contributed by atoms with Crippen LogP contribution in [0.3, 0.4) is 0 Å². The van der Waals surface area contributed by atoms with Gasteiger partial charge in [0.1, 0.15) is 11.6 Å². The smallest absolute Gasteiger partial charge is 0.253 e. The minimum absolute atomic E-state index is 0.131. The molecule has 0 aromatic heterocycles. The van der Waals surface area contributed by atoms with Crippen molar-refractivity contribution in [2.75, 3.05) is 24.6 Å². The Morgan fingerprint density at radius 1 is 0.980 bits per heavy atom. The van der Waals surface area contributed by atoms with Crippen LogP contribution in [0.4, 0.5) is 5.69 Å². The van der Waals surface area contributed by atoms with Gasteiger partial charge in [0.2, 0.25) is 11.8 Å². The highest BCUT2D eigenvalue weighted by atomic mass is 16.5.